The zero-order valence-electron chi connectivity index (χ0n) is 11.9. The average molecular weight is 304 g/mol. The predicted octanol–water partition coefficient (Wildman–Crippen LogP) is 1.33. The number of rotatable bonds is 2. The number of allylic oxidation sites excluding steroid dienone is 3. The van der Waals surface area contributed by atoms with Gasteiger partial charge in [0.2, 0.25) is 5.78 Å². The molecule has 1 heterocycles. The molecule has 6 nitrogen and oxygen atoms in total. The maximum absolute atomic E-state index is 12.5. The van der Waals surface area contributed by atoms with Crippen LogP contribution in [0.2, 0.25) is 0 Å². The Hall–Kier alpha value is -2.31. The summed E-state index contributed by atoms with van der Waals surface area (Å²) < 4.78 is 10.6. The first-order valence-electron chi connectivity index (χ1n) is 6.83. The molecule has 1 fully saturated rings. The first-order valence-corrected chi connectivity index (χ1v) is 6.83. The molecule has 0 spiro atoms. The monoisotopic (exact) mass is 304 g/mol. The van der Waals surface area contributed by atoms with Crippen molar-refractivity contribution in [2.24, 2.45) is 5.92 Å². The Labute approximate surface area is 126 Å². The average Bonchev–Trinajstić information content (AvgIpc) is 2.51. The third-order valence-electron chi connectivity index (χ3n) is 3.95. The molecule has 3 N–H and O–H groups in total. The number of carbonyl (C=O) groups is 1. The van der Waals surface area contributed by atoms with Crippen LogP contribution >= 0.6 is 0 Å². The molecule has 1 aromatic rings. The zero-order valence-corrected chi connectivity index (χ0v) is 11.9. The molecule has 0 amide bonds. The first kappa shape index (κ1) is 14.6. The summed E-state index contributed by atoms with van der Waals surface area (Å²) in [5.41, 5.74) is 0.459. The molecule has 0 saturated carbocycles. The van der Waals surface area contributed by atoms with E-state index < -0.39 is 23.6 Å². The number of Topliss-reactive ketones (excluding diaryl/α,β-unsaturated/α-hetero) is 1. The van der Waals surface area contributed by atoms with Crippen LogP contribution in [0.25, 0.3) is 0 Å². The van der Waals surface area contributed by atoms with Crippen molar-refractivity contribution in [3.63, 3.8) is 0 Å². The normalized spacial score (nSPS) is 26.9. The minimum absolute atomic E-state index is 0.0252. The number of aliphatic hydroxyl groups is 3. The van der Waals surface area contributed by atoms with E-state index in [-0.39, 0.29) is 23.7 Å². The summed E-state index contributed by atoms with van der Waals surface area (Å²) in [5, 5.41) is 30.4. The minimum Gasteiger partial charge on any atom is -0.504 e. The Morgan fingerprint density at radius 1 is 1.27 bits per heavy atom. The van der Waals surface area contributed by atoms with E-state index in [4.69, 9.17) is 9.47 Å². The zero-order chi connectivity index (χ0) is 15.9. The van der Waals surface area contributed by atoms with E-state index in [0.29, 0.717) is 5.56 Å². The maximum Gasteiger partial charge on any atom is 0.267 e. The molecule has 0 radical (unpaired) electrons. The number of ether oxygens (including phenoxy) is 2. The highest BCUT2D eigenvalue weighted by atomic mass is 16.6. The van der Waals surface area contributed by atoms with Gasteiger partial charge in [0, 0.05) is 12.5 Å². The molecule has 1 aliphatic carbocycles. The van der Waals surface area contributed by atoms with E-state index in [1.54, 1.807) is 30.3 Å². The summed E-state index contributed by atoms with van der Waals surface area (Å²) in [6.07, 6.45) is 0.0635. The van der Waals surface area contributed by atoms with Crippen molar-refractivity contribution in [3.8, 4) is 0 Å². The van der Waals surface area contributed by atoms with E-state index in [2.05, 4.69) is 0 Å². The molecular weight excluding hydrogens is 288 g/mol. The molecule has 116 valence electrons. The van der Waals surface area contributed by atoms with Crippen LogP contribution in [0.15, 0.2) is 53.7 Å². The molecule has 0 bridgehead atoms. The molecule has 2 unspecified atom stereocenters. The largest absolute Gasteiger partial charge is 0.504 e. The SMILES string of the molecule is COC1=C(O)C=C2OC(c3ccccc3)C(O)(O)C(=O)C2C1. The van der Waals surface area contributed by atoms with Gasteiger partial charge in [-0.3, -0.25) is 4.79 Å². The Bertz CT molecular complexity index is 658. The Kier molecular flexibility index (Phi) is 3.42. The van der Waals surface area contributed by atoms with Crippen LogP contribution in [-0.2, 0) is 14.3 Å². The van der Waals surface area contributed by atoms with Gasteiger partial charge >= 0.3 is 0 Å². The third-order valence-corrected chi connectivity index (χ3v) is 3.95. The number of carbonyl (C=O) groups excluding carboxylic acids is 1. The van der Waals surface area contributed by atoms with Crippen molar-refractivity contribution in [3.05, 3.63) is 59.2 Å². The maximum atomic E-state index is 12.5. The topological polar surface area (TPSA) is 96.2 Å². The van der Waals surface area contributed by atoms with E-state index in [0.717, 1.165) is 0 Å². The number of hydrogen-bond acceptors (Lipinski definition) is 6. The Balaban J connectivity index is 2.03. The number of hydrogen-bond donors (Lipinski definition) is 3. The van der Waals surface area contributed by atoms with Gasteiger partial charge in [0.25, 0.3) is 5.79 Å². The van der Waals surface area contributed by atoms with Crippen molar-refractivity contribution in [2.45, 2.75) is 18.3 Å². The second-order valence-electron chi connectivity index (χ2n) is 5.31. The molecule has 1 saturated heterocycles. The summed E-state index contributed by atoms with van der Waals surface area (Å²) in [6.45, 7) is 0. The van der Waals surface area contributed by atoms with Crippen LogP contribution in [0, 0.1) is 5.92 Å². The third kappa shape index (κ3) is 2.17. The van der Waals surface area contributed by atoms with E-state index in [9.17, 15) is 20.1 Å². The molecule has 2 aliphatic rings. The van der Waals surface area contributed by atoms with Gasteiger partial charge in [0.1, 0.15) is 11.5 Å². The summed E-state index contributed by atoms with van der Waals surface area (Å²) in [7, 11) is 1.37. The second kappa shape index (κ2) is 5.15. The quantitative estimate of drug-likeness (QED) is 0.713. The van der Waals surface area contributed by atoms with Gasteiger partial charge < -0.3 is 24.8 Å². The molecule has 6 heteroatoms. The molecule has 1 aliphatic heterocycles. The van der Waals surface area contributed by atoms with Crippen molar-refractivity contribution in [1.29, 1.82) is 0 Å². The number of ketones is 1. The lowest BCUT2D eigenvalue weighted by Gasteiger charge is -2.41. The van der Waals surface area contributed by atoms with Crippen molar-refractivity contribution in [1.82, 2.24) is 0 Å². The summed E-state index contributed by atoms with van der Waals surface area (Å²) in [4.78, 5) is 12.5. The first-order chi connectivity index (χ1) is 10.4. The fourth-order valence-electron chi connectivity index (χ4n) is 2.76. The van der Waals surface area contributed by atoms with Crippen LogP contribution in [0.5, 0.6) is 0 Å². The lowest BCUT2D eigenvalue weighted by atomic mass is 9.81. The van der Waals surface area contributed by atoms with Crippen LogP contribution in [-0.4, -0.2) is 34.0 Å². The standard InChI is InChI=1S/C16H16O6/c1-21-13-7-10-12(8-11(13)17)22-15(16(19,20)14(10)18)9-5-3-2-4-6-9/h2-6,8,10,15,17,19-20H,7H2,1H3. The van der Waals surface area contributed by atoms with E-state index in [1.165, 1.54) is 13.2 Å². The van der Waals surface area contributed by atoms with Crippen molar-refractivity contribution < 1.29 is 29.6 Å². The van der Waals surface area contributed by atoms with Gasteiger partial charge in [-0.1, -0.05) is 30.3 Å². The van der Waals surface area contributed by atoms with Crippen molar-refractivity contribution >= 4 is 5.78 Å². The molecule has 3 rings (SSSR count). The number of methoxy groups -OCH3 is 1. The number of fused-ring (bicyclic) bond motifs is 1. The lowest BCUT2D eigenvalue weighted by molar-refractivity contribution is -0.242. The van der Waals surface area contributed by atoms with Crippen molar-refractivity contribution in [2.75, 3.05) is 7.11 Å². The number of benzene rings is 1. The highest BCUT2D eigenvalue weighted by Gasteiger charge is 2.54. The summed E-state index contributed by atoms with van der Waals surface area (Å²) >= 11 is 0. The summed E-state index contributed by atoms with van der Waals surface area (Å²) in [5.74, 6) is -4.02. The highest BCUT2D eigenvalue weighted by Crippen LogP contribution is 2.44. The summed E-state index contributed by atoms with van der Waals surface area (Å²) in [6, 6.07) is 8.47. The second-order valence-corrected chi connectivity index (χ2v) is 5.31. The molecule has 0 aromatic heterocycles. The van der Waals surface area contributed by atoms with Crippen LogP contribution in [0.4, 0.5) is 0 Å². The molecule has 2 atom stereocenters. The predicted molar refractivity (Wildman–Crippen MR) is 75.3 cm³/mol. The van der Waals surface area contributed by atoms with E-state index >= 15 is 0 Å². The van der Waals surface area contributed by atoms with Gasteiger partial charge in [-0.15, -0.1) is 0 Å². The van der Waals surface area contributed by atoms with Gasteiger partial charge in [-0.05, 0) is 5.56 Å². The Morgan fingerprint density at radius 3 is 2.59 bits per heavy atom. The van der Waals surface area contributed by atoms with E-state index in [1.807, 2.05) is 0 Å². The van der Waals surface area contributed by atoms with Gasteiger partial charge in [0.15, 0.2) is 11.9 Å². The minimum atomic E-state index is -2.64. The highest BCUT2D eigenvalue weighted by molar-refractivity contribution is 5.91. The van der Waals surface area contributed by atoms with Crippen LogP contribution in [0.3, 0.4) is 0 Å². The fourth-order valence-corrected chi connectivity index (χ4v) is 2.76. The molecular formula is C16H16O6. The lowest BCUT2D eigenvalue weighted by Crippen LogP contribution is -2.53. The fraction of sp³-hybridized carbons (Fsp3) is 0.312. The molecule has 22 heavy (non-hydrogen) atoms. The van der Waals surface area contributed by atoms with Crippen LogP contribution in [0.1, 0.15) is 18.1 Å². The van der Waals surface area contributed by atoms with Gasteiger partial charge in [-0.2, -0.15) is 0 Å². The van der Waals surface area contributed by atoms with Gasteiger partial charge in [0.05, 0.1) is 13.0 Å². The smallest absolute Gasteiger partial charge is 0.267 e. The van der Waals surface area contributed by atoms with Crippen LogP contribution < -0.4 is 0 Å². The molecule has 1 aromatic carbocycles. The van der Waals surface area contributed by atoms with Gasteiger partial charge in [-0.25, -0.2) is 0 Å². The number of aliphatic hydroxyl groups excluding tert-OH is 1. The Morgan fingerprint density at radius 2 is 1.95 bits per heavy atom.